The summed E-state index contributed by atoms with van der Waals surface area (Å²) in [4.78, 5) is 15.3. The molecule has 226 valence electrons. The molecule has 3 aromatic carbocycles. The lowest BCUT2D eigenvalue weighted by atomic mass is 9.99. The van der Waals surface area contributed by atoms with Crippen LogP contribution in [0.5, 0.6) is 5.75 Å². The molecule has 0 fully saturated rings. The first-order valence-electron chi connectivity index (χ1n) is 13.3. The molecule has 0 aromatic heterocycles. The van der Waals surface area contributed by atoms with Crippen LogP contribution in [0.2, 0.25) is 5.02 Å². The monoisotopic (exact) mass is 635 g/mol. The number of aliphatic hydroxyl groups excluding tert-OH is 1. The van der Waals surface area contributed by atoms with Crippen LogP contribution >= 0.6 is 11.6 Å². The number of carbonyl (C=O) groups is 1. The summed E-state index contributed by atoms with van der Waals surface area (Å²) in [5.74, 6) is -0.890. The first-order valence-corrected chi connectivity index (χ1v) is 16.6. The molecule has 3 aromatic rings. The average Bonchev–Trinajstić information content (AvgIpc) is 2.95. The molecule has 13 heteroatoms. The summed E-state index contributed by atoms with van der Waals surface area (Å²) in [7, 11) is -6.58. The van der Waals surface area contributed by atoms with Crippen LogP contribution in [0.1, 0.15) is 29.8 Å². The molecule has 0 radical (unpaired) electrons. The number of benzene rings is 3. The van der Waals surface area contributed by atoms with E-state index in [0.29, 0.717) is 5.02 Å². The Morgan fingerprint density at radius 1 is 1.05 bits per heavy atom. The number of para-hydroxylation sites is 1. The van der Waals surface area contributed by atoms with Gasteiger partial charge in [-0.05, 0) is 62.4 Å². The average molecular weight is 636 g/mol. The zero-order valence-corrected chi connectivity index (χ0v) is 26.1. The SMILES string of the molecule is Cc1ccc(S(=O)(=O)Nc2cccc3c2O[C@@H](CN(C)S(=O)(=O)c2ccc(Cl)cc2)[C@H](C)CN([C@@H](C)CO)C3=O)cc1. The smallest absolute Gasteiger partial charge is 0.262 e. The van der Waals surface area contributed by atoms with Gasteiger partial charge in [0, 0.05) is 24.5 Å². The Bertz CT molecular complexity index is 1650. The van der Waals surface area contributed by atoms with Crippen molar-refractivity contribution in [1.82, 2.24) is 9.21 Å². The second-order valence-electron chi connectivity index (χ2n) is 10.5. The van der Waals surface area contributed by atoms with Crippen LogP contribution in [0.25, 0.3) is 0 Å². The number of fused-ring (bicyclic) bond motifs is 1. The third-order valence-corrected chi connectivity index (χ3v) is 10.7. The summed E-state index contributed by atoms with van der Waals surface area (Å²) in [6.07, 6.45) is -0.803. The van der Waals surface area contributed by atoms with Gasteiger partial charge in [0.15, 0.2) is 5.75 Å². The maximum absolute atomic E-state index is 13.7. The molecular weight excluding hydrogens is 602 g/mol. The number of halogens is 1. The maximum Gasteiger partial charge on any atom is 0.262 e. The Balaban J connectivity index is 1.76. The number of carbonyl (C=O) groups excluding carboxylic acids is 1. The zero-order valence-electron chi connectivity index (χ0n) is 23.7. The van der Waals surface area contributed by atoms with Gasteiger partial charge in [-0.3, -0.25) is 9.52 Å². The fourth-order valence-corrected chi connectivity index (χ4v) is 6.97. The summed E-state index contributed by atoms with van der Waals surface area (Å²) < 4.78 is 63.4. The topological polar surface area (TPSA) is 133 Å². The lowest BCUT2D eigenvalue weighted by Crippen LogP contribution is -2.50. The van der Waals surface area contributed by atoms with Gasteiger partial charge in [0.1, 0.15) is 6.10 Å². The number of hydrogen-bond acceptors (Lipinski definition) is 7. The molecule has 0 spiro atoms. The number of likely N-dealkylation sites (N-methyl/N-ethyl adjacent to an activating group) is 1. The molecule has 2 N–H and O–H groups in total. The van der Waals surface area contributed by atoms with Gasteiger partial charge < -0.3 is 14.7 Å². The van der Waals surface area contributed by atoms with Crippen molar-refractivity contribution in [2.75, 3.05) is 31.5 Å². The minimum Gasteiger partial charge on any atom is -0.486 e. The molecule has 0 bridgehead atoms. The molecule has 0 saturated carbocycles. The quantitative estimate of drug-likeness (QED) is 0.363. The van der Waals surface area contributed by atoms with E-state index >= 15 is 0 Å². The van der Waals surface area contributed by atoms with Crippen LogP contribution in [0.3, 0.4) is 0 Å². The fourth-order valence-electron chi connectivity index (χ4n) is 4.60. The van der Waals surface area contributed by atoms with Crippen LogP contribution in [-0.2, 0) is 20.0 Å². The fraction of sp³-hybridized carbons (Fsp3) is 0.345. The third kappa shape index (κ3) is 6.73. The number of ether oxygens (including phenoxy) is 1. The Morgan fingerprint density at radius 3 is 2.29 bits per heavy atom. The van der Waals surface area contributed by atoms with Gasteiger partial charge >= 0.3 is 0 Å². The van der Waals surface area contributed by atoms with Crippen molar-refractivity contribution in [3.8, 4) is 5.75 Å². The number of amides is 1. The standard InChI is InChI=1S/C29H34ClN3O7S2/c1-19-8-12-23(13-9-19)41(36,37)31-26-7-5-6-25-28(26)40-27(20(2)16-33(29(25)35)21(3)18-34)17-32(4)42(38,39)24-14-10-22(30)11-15-24/h5-15,20-21,27,31,34H,16-18H2,1-4H3/t20-,21+,27+/m1/s1. The molecule has 0 unspecified atom stereocenters. The number of hydrogen-bond donors (Lipinski definition) is 2. The molecule has 1 amide bonds. The van der Waals surface area contributed by atoms with Crippen molar-refractivity contribution in [2.24, 2.45) is 5.92 Å². The molecule has 10 nitrogen and oxygen atoms in total. The van der Waals surface area contributed by atoms with Crippen LogP contribution < -0.4 is 9.46 Å². The van der Waals surface area contributed by atoms with Crippen molar-refractivity contribution in [2.45, 2.75) is 42.7 Å². The lowest BCUT2D eigenvalue weighted by molar-refractivity contribution is 0.0389. The number of nitrogens with zero attached hydrogens (tertiary/aromatic N) is 2. The molecule has 1 aliphatic rings. The Kier molecular flexibility index (Phi) is 9.53. The van der Waals surface area contributed by atoms with Crippen LogP contribution in [0, 0.1) is 12.8 Å². The van der Waals surface area contributed by atoms with Crippen molar-refractivity contribution in [1.29, 1.82) is 0 Å². The van der Waals surface area contributed by atoms with E-state index in [4.69, 9.17) is 16.3 Å². The summed E-state index contributed by atoms with van der Waals surface area (Å²) in [6.45, 7) is 5.10. The Hall–Kier alpha value is -3.16. The molecule has 3 atom stereocenters. The van der Waals surface area contributed by atoms with E-state index in [1.807, 2.05) is 13.8 Å². The predicted octanol–water partition coefficient (Wildman–Crippen LogP) is 3.99. The third-order valence-electron chi connectivity index (χ3n) is 7.23. The van der Waals surface area contributed by atoms with E-state index in [0.717, 1.165) is 9.87 Å². The highest BCUT2D eigenvalue weighted by molar-refractivity contribution is 7.92. The van der Waals surface area contributed by atoms with Crippen LogP contribution in [0.15, 0.2) is 76.5 Å². The molecule has 0 saturated heterocycles. The highest BCUT2D eigenvalue weighted by Crippen LogP contribution is 2.36. The van der Waals surface area contributed by atoms with E-state index < -0.39 is 44.0 Å². The Labute approximate surface area is 252 Å². The van der Waals surface area contributed by atoms with Gasteiger partial charge in [-0.1, -0.05) is 42.3 Å². The number of anilines is 1. The molecular formula is C29H34ClN3O7S2. The van der Waals surface area contributed by atoms with E-state index in [2.05, 4.69) is 4.72 Å². The van der Waals surface area contributed by atoms with Gasteiger partial charge in [-0.2, -0.15) is 4.31 Å². The predicted molar refractivity (Wildman–Crippen MR) is 161 cm³/mol. The first-order chi connectivity index (χ1) is 19.7. The molecule has 42 heavy (non-hydrogen) atoms. The van der Waals surface area contributed by atoms with Crippen molar-refractivity contribution < 1.29 is 31.5 Å². The zero-order chi connectivity index (χ0) is 30.8. The normalized spacial score (nSPS) is 18.5. The van der Waals surface area contributed by atoms with Gasteiger partial charge in [-0.15, -0.1) is 0 Å². The highest BCUT2D eigenvalue weighted by Gasteiger charge is 2.36. The molecule has 1 aliphatic heterocycles. The van der Waals surface area contributed by atoms with Crippen LogP contribution in [0.4, 0.5) is 5.69 Å². The number of aryl methyl sites for hydroxylation is 1. The number of nitrogens with one attached hydrogen (secondary N) is 1. The first kappa shape index (κ1) is 31.8. The number of aliphatic hydroxyl groups is 1. The van der Waals surface area contributed by atoms with Gasteiger partial charge in [0.2, 0.25) is 10.0 Å². The number of sulfonamides is 2. The van der Waals surface area contributed by atoms with Gasteiger partial charge in [0.05, 0.1) is 40.2 Å². The minimum absolute atomic E-state index is 0.0251. The van der Waals surface area contributed by atoms with Gasteiger partial charge in [-0.25, -0.2) is 16.8 Å². The highest BCUT2D eigenvalue weighted by atomic mass is 35.5. The van der Waals surface area contributed by atoms with Crippen LogP contribution in [-0.4, -0.2) is 75.9 Å². The lowest BCUT2D eigenvalue weighted by Gasteiger charge is -2.38. The van der Waals surface area contributed by atoms with Crippen molar-refractivity contribution in [3.05, 3.63) is 82.9 Å². The Morgan fingerprint density at radius 2 is 1.67 bits per heavy atom. The molecule has 0 aliphatic carbocycles. The molecule has 4 rings (SSSR count). The second kappa shape index (κ2) is 12.6. The maximum atomic E-state index is 13.7. The largest absolute Gasteiger partial charge is 0.486 e. The van der Waals surface area contributed by atoms with Crippen molar-refractivity contribution in [3.63, 3.8) is 0 Å². The van der Waals surface area contributed by atoms with Crippen molar-refractivity contribution >= 4 is 43.2 Å². The minimum atomic E-state index is -4.07. The summed E-state index contributed by atoms with van der Waals surface area (Å²) >= 11 is 5.94. The van der Waals surface area contributed by atoms with E-state index in [1.165, 1.54) is 66.5 Å². The summed E-state index contributed by atoms with van der Waals surface area (Å²) in [5, 5.41) is 10.3. The molecule has 1 heterocycles. The van der Waals surface area contributed by atoms with E-state index in [-0.39, 0.29) is 46.5 Å². The number of rotatable bonds is 9. The second-order valence-corrected chi connectivity index (χ2v) is 14.6. The van der Waals surface area contributed by atoms with Gasteiger partial charge in [0.25, 0.3) is 15.9 Å². The van der Waals surface area contributed by atoms with E-state index in [1.54, 1.807) is 19.1 Å². The summed E-state index contributed by atoms with van der Waals surface area (Å²) in [6, 6.07) is 16.1. The summed E-state index contributed by atoms with van der Waals surface area (Å²) in [5.41, 5.74) is 1.00. The van der Waals surface area contributed by atoms with E-state index in [9.17, 15) is 26.7 Å².